The predicted octanol–water partition coefficient (Wildman–Crippen LogP) is 5.04. The molecule has 7 nitrogen and oxygen atoms in total. The molecule has 4 rings (SSSR count). The molecule has 0 radical (unpaired) electrons. The van der Waals surface area contributed by atoms with Crippen LogP contribution in [0.5, 0.6) is 0 Å². The highest BCUT2D eigenvalue weighted by Gasteiger charge is 2.18. The first-order chi connectivity index (χ1) is 15.6. The lowest BCUT2D eigenvalue weighted by molar-refractivity contribution is -0.384. The highest BCUT2D eigenvalue weighted by molar-refractivity contribution is 5.77. The summed E-state index contributed by atoms with van der Waals surface area (Å²) in [4.78, 5) is 27.9. The first-order valence-electron chi connectivity index (χ1n) is 10.6. The third-order valence-electron chi connectivity index (χ3n) is 5.32. The highest BCUT2D eigenvalue weighted by Crippen LogP contribution is 2.30. The van der Waals surface area contributed by atoms with Crippen LogP contribution in [0.25, 0.3) is 28.0 Å². The molecule has 0 unspecified atom stereocenters. The molecule has 0 saturated heterocycles. The topological polar surface area (TPSA) is 89.5 Å². The van der Waals surface area contributed by atoms with Gasteiger partial charge in [0.15, 0.2) is 0 Å². The van der Waals surface area contributed by atoms with Crippen molar-refractivity contribution in [3.8, 4) is 22.4 Å². The van der Waals surface area contributed by atoms with Crippen LogP contribution in [0.15, 0.2) is 72.9 Å². The molecule has 4 aromatic rings. The number of carbonyl (C=O) groups is 1. The molecule has 0 aliphatic heterocycles. The maximum atomic E-state index is 12.3. The summed E-state index contributed by atoms with van der Waals surface area (Å²) < 4.78 is 1.99. The number of aromatic nitrogens is 2. The largest absolute Gasteiger partial charge is 0.356 e. The molecule has 0 aliphatic carbocycles. The minimum Gasteiger partial charge on any atom is -0.356 e. The van der Waals surface area contributed by atoms with E-state index in [1.165, 1.54) is 12.1 Å². The van der Waals surface area contributed by atoms with Crippen molar-refractivity contribution in [1.29, 1.82) is 0 Å². The second-order valence-corrected chi connectivity index (χ2v) is 7.58. The average molecular weight is 428 g/mol. The number of nitrogens with one attached hydrogen (secondary N) is 1. The fraction of sp³-hybridized carbons (Fsp3) is 0.200. The van der Waals surface area contributed by atoms with Gasteiger partial charge in [-0.1, -0.05) is 49.4 Å². The predicted molar refractivity (Wildman–Crippen MR) is 124 cm³/mol. The molecular formula is C25H24N4O3. The quantitative estimate of drug-likeness (QED) is 0.315. The Labute approximate surface area is 185 Å². The van der Waals surface area contributed by atoms with Gasteiger partial charge in [-0.15, -0.1) is 0 Å². The van der Waals surface area contributed by atoms with E-state index in [1.54, 1.807) is 6.07 Å². The van der Waals surface area contributed by atoms with Crippen LogP contribution in [0.3, 0.4) is 0 Å². The van der Waals surface area contributed by atoms with Crippen molar-refractivity contribution < 1.29 is 9.72 Å². The van der Waals surface area contributed by atoms with Gasteiger partial charge < -0.3 is 9.72 Å². The van der Waals surface area contributed by atoms with Crippen molar-refractivity contribution >= 4 is 17.2 Å². The molecule has 0 fully saturated rings. The first kappa shape index (κ1) is 21.2. The lowest BCUT2D eigenvalue weighted by Crippen LogP contribution is -2.24. The van der Waals surface area contributed by atoms with Gasteiger partial charge in [0.2, 0.25) is 5.91 Å². The molecule has 0 bridgehead atoms. The number of nitro groups is 1. The summed E-state index contributed by atoms with van der Waals surface area (Å²) in [6.45, 7) is 2.65. The molecule has 2 aromatic carbocycles. The number of benzene rings is 2. The number of non-ortho nitro benzene ring substituents is 1. The Morgan fingerprint density at radius 1 is 1.03 bits per heavy atom. The van der Waals surface area contributed by atoms with E-state index in [4.69, 9.17) is 4.98 Å². The van der Waals surface area contributed by atoms with Crippen LogP contribution in [0, 0.1) is 10.1 Å². The molecule has 1 amide bonds. The number of hydrogen-bond donors (Lipinski definition) is 1. The van der Waals surface area contributed by atoms with E-state index >= 15 is 0 Å². The van der Waals surface area contributed by atoms with Crippen LogP contribution in [-0.4, -0.2) is 26.8 Å². The fourth-order valence-corrected chi connectivity index (χ4v) is 3.72. The molecule has 0 saturated carbocycles. The second kappa shape index (κ2) is 9.43. The smallest absolute Gasteiger partial charge is 0.270 e. The second-order valence-electron chi connectivity index (χ2n) is 7.58. The van der Waals surface area contributed by atoms with E-state index in [1.807, 2.05) is 66.1 Å². The van der Waals surface area contributed by atoms with Crippen LogP contribution in [0.4, 0.5) is 5.69 Å². The number of nitro benzene ring substituents is 1. The number of amides is 1. The maximum absolute atomic E-state index is 12.3. The number of pyridine rings is 1. The van der Waals surface area contributed by atoms with E-state index in [0.29, 0.717) is 30.6 Å². The summed E-state index contributed by atoms with van der Waals surface area (Å²) in [5.41, 5.74) is 5.01. The van der Waals surface area contributed by atoms with Gasteiger partial charge in [0.05, 0.1) is 16.3 Å². The zero-order chi connectivity index (χ0) is 22.5. The molecule has 2 aromatic heterocycles. The molecule has 0 atom stereocenters. The monoisotopic (exact) mass is 428 g/mol. The van der Waals surface area contributed by atoms with E-state index in [2.05, 4.69) is 5.32 Å². The minimum absolute atomic E-state index is 0.0103. The van der Waals surface area contributed by atoms with Gasteiger partial charge in [-0.05, 0) is 36.1 Å². The van der Waals surface area contributed by atoms with Gasteiger partial charge in [-0.25, -0.2) is 4.98 Å². The van der Waals surface area contributed by atoms with Crippen molar-refractivity contribution in [3.05, 3.63) is 88.7 Å². The summed E-state index contributed by atoms with van der Waals surface area (Å²) in [6, 6.07) is 20.4. The Morgan fingerprint density at radius 3 is 2.56 bits per heavy atom. The molecule has 2 heterocycles. The number of fused-ring (bicyclic) bond motifs is 1. The summed E-state index contributed by atoms with van der Waals surface area (Å²) in [5.74, 6) is -0.0222. The van der Waals surface area contributed by atoms with Crippen LogP contribution in [-0.2, 0) is 11.2 Å². The standard InChI is InChI=1S/C25H24N4O3/c1-2-15-26-24(30)14-12-22-25(19-9-6-10-21(16-19)29(31)32)27-23-13-11-20(17-28(22)23)18-7-4-3-5-8-18/h3-11,13,16-17H,2,12,14-15H2,1H3,(H,26,30). The van der Waals surface area contributed by atoms with Crippen molar-refractivity contribution in [2.75, 3.05) is 6.54 Å². The summed E-state index contributed by atoms with van der Waals surface area (Å²) >= 11 is 0. The van der Waals surface area contributed by atoms with Gasteiger partial charge in [0, 0.05) is 36.9 Å². The van der Waals surface area contributed by atoms with Crippen molar-refractivity contribution in [2.45, 2.75) is 26.2 Å². The number of rotatable bonds is 8. The molecule has 0 spiro atoms. The first-order valence-corrected chi connectivity index (χ1v) is 10.6. The SMILES string of the molecule is CCCNC(=O)CCc1c(-c2cccc([N+](=O)[O-])c2)nc2ccc(-c3ccccc3)cn12. The van der Waals surface area contributed by atoms with E-state index < -0.39 is 4.92 Å². The molecule has 162 valence electrons. The van der Waals surface area contributed by atoms with Crippen LogP contribution in [0.1, 0.15) is 25.5 Å². The fourth-order valence-electron chi connectivity index (χ4n) is 3.72. The van der Waals surface area contributed by atoms with Crippen molar-refractivity contribution in [3.63, 3.8) is 0 Å². The Balaban J connectivity index is 1.80. The molecule has 1 N–H and O–H groups in total. The normalized spacial score (nSPS) is 10.9. The maximum Gasteiger partial charge on any atom is 0.270 e. The summed E-state index contributed by atoms with van der Waals surface area (Å²) in [6.07, 6.45) is 3.66. The minimum atomic E-state index is -0.412. The lowest BCUT2D eigenvalue weighted by Gasteiger charge is -2.08. The van der Waals surface area contributed by atoms with E-state index in [-0.39, 0.29) is 11.6 Å². The lowest BCUT2D eigenvalue weighted by atomic mass is 10.1. The summed E-state index contributed by atoms with van der Waals surface area (Å²) in [7, 11) is 0. The Bertz CT molecular complexity index is 1260. The van der Waals surface area contributed by atoms with Crippen LogP contribution < -0.4 is 5.32 Å². The Kier molecular flexibility index (Phi) is 6.26. The van der Waals surface area contributed by atoms with E-state index in [9.17, 15) is 14.9 Å². The average Bonchev–Trinajstić information content (AvgIpc) is 3.19. The number of carbonyl (C=O) groups excluding carboxylic acids is 1. The van der Waals surface area contributed by atoms with Gasteiger partial charge in [-0.2, -0.15) is 0 Å². The molecular weight excluding hydrogens is 404 g/mol. The number of hydrogen-bond acceptors (Lipinski definition) is 4. The summed E-state index contributed by atoms with van der Waals surface area (Å²) in [5, 5.41) is 14.2. The van der Waals surface area contributed by atoms with Crippen molar-refractivity contribution in [2.24, 2.45) is 0 Å². The van der Waals surface area contributed by atoms with Gasteiger partial charge in [0.1, 0.15) is 5.65 Å². The number of aryl methyl sites for hydroxylation is 1. The van der Waals surface area contributed by atoms with Gasteiger partial charge >= 0.3 is 0 Å². The number of nitrogens with zero attached hydrogens (tertiary/aromatic N) is 3. The third kappa shape index (κ3) is 4.51. The molecule has 32 heavy (non-hydrogen) atoms. The van der Waals surface area contributed by atoms with Crippen LogP contribution in [0.2, 0.25) is 0 Å². The van der Waals surface area contributed by atoms with Gasteiger partial charge in [0.25, 0.3) is 5.69 Å². The van der Waals surface area contributed by atoms with Crippen LogP contribution >= 0.6 is 0 Å². The molecule has 0 aliphatic rings. The van der Waals surface area contributed by atoms with E-state index in [0.717, 1.165) is 28.9 Å². The highest BCUT2D eigenvalue weighted by atomic mass is 16.6. The van der Waals surface area contributed by atoms with Crippen molar-refractivity contribution in [1.82, 2.24) is 14.7 Å². The zero-order valence-electron chi connectivity index (χ0n) is 17.8. The van der Waals surface area contributed by atoms with Gasteiger partial charge in [-0.3, -0.25) is 14.9 Å². The molecule has 7 heteroatoms. The Hall–Kier alpha value is -4.00. The Morgan fingerprint density at radius 2 is 1.81 bits per heavy atom. The number of imidazole rings is 1. The third-order valence-corrected chi connectivity index (χ3v) is 5.32. The zero-order valence-corrected chi connectivity index (χ0v) is 17.8.